The number of fused-ring (bicyclic) bond motifs is 2. The van der Waals surface area contributed by atoms with E-state index in [2.05, 4.69) is 34.4 Å². The van der Waals surface area contributed by atoms with Crippen LogP contribution in [0.1, 0.15) is 48.9 Å². The van der Waals surface area contributed by atoms with Crippen molar-refractivity contribution in [2.24, 2.45) is 0 Å². The van der Waals surface area contributed by atoms with Gasteiger partial charge in [-0.3, -0.25) is 4.79 Å². The highest BCUT2D eigenvalue weighted by molar-refractivity contribution is 5.98. The van der Waals surface area contributed by atoms with Crippen LogP contribution in [0.5, 0.6) is 0 Å². The topological polar surface area (TPSA) is 73.9 Å². The van der Waals surface area contributed by atoms with Crippen LogP contribution in [-0.4, -0.2) is 33.9 Å². The van der Waals surface area contributed by atoms with Crippen LogP contribution in [0.2, 0.25) is 0 Å². The fraction of sp³-hybridized carbons (Fsp3) is 0.348. The highest BCUT2D eigenvalue weighted by Crippen LogP contribution is 2.39. The highest BCUT2D eigenvalue weighted by atomic mass is 16.2. The lowest BCUT2D eigenvalue weighted by Crippen LogP contribution is -2.36. The van der Waals surface area contributed by atoms with Gasteiger partial charge in [-0.25, -0.2) is 9.97 Å². The summed E-state index contributed by atoms with van der Waals surface area (Å²) >= 11 is 0. The number of aromatic amines is 1. The first-order valence-electron chi connectivity index (χ1n) is 10.4. The molecule has 29 heavy (non-hydrogen) atoms. The van der Waals surface area contributed by atoms with E-state index >= 15 is 0 Å². The van der Waals surface area contributed by atoms with Crippen molar-refractivity contribution in [1.29, 1.82) is 0 Å². The van der Waals surface area contributed by atoms with E-state index in [0.717, 1.165) is 53.2 Å². The standard InChI is InChI=1S/C23H25N5O/c1-2-5-18(17-12-25-23-22(17)27-19(13-26-23)15-8-9-15)24-14-21(29)28-11-10-16-6-3-4-7-20(16)28/h3-7,12-13,15,24H,2,8-11,14H2,1H3,(H,25,26)/b18-5+. The lowest BCUT2D eigenvalue weighted by Gasteiger charge is -2.19. The molecule has 0 saturated heterocycles. The lowest BCUT2D eigenvalue weighted by molar-refractivity contribution is -0.117. The van der Waals surface area contributed by atoms with Gasteiger partial charge in [0.05, 0.1) is 18.4 Å². The first-order chi connectivity index (χ1) is 14.2. The van der Waals surface area contributed by atoms with Gasteiger partial charge in [-0.1, -0.05) is 31.2 Å². The van der Waals surface area contributed by atoms with Crippen molar-refractivity contribution in [3.05, 3.63) is 59.6 Å². The van der Waals surface area contributed by atoms with Gasteiger partial charge in [-0.2, -0.15) is 0 Å². The number of benzene rings is 1. The molecule has 1 aromatic carbocycles. The molecule has 1 aliphatic heterocycles. The van der Waals surface area contributed by atoms with Gasteiger partial charge in [0.2, 0.25) is 5.91 Å². The number of nitrogens with one attached hydrogen (secondary N) is 2. The smallest absolute Gasteiger partial charge is 0.246 e. The van der Waals surface area contributed by atoms with Gasteiger partial charge in [0.15, 0.2) is 5.65 Å². The van der Waals surface area contributed by atoms with Gasteiger partial charge < -0.3 is 15.2 Å². The van der Waals surface area contributed by atoms with Crippen molar-refractivity contribution in [3.8, 4) is 0 Å². The SMILES string of the molecule is CC/C=C(/NCC(=O)N1CCc2ccccc21)c1c[nH]c2ncc(C3CC3)nc12. The number of carbonyl (C=O) groups is 1. The van der Waals surface area contributed by atoms with Gasteiger partial charge in [0.25, 0.3) is 0 Å². The molecule has 2 aliphatic rings. The molecule has 0 unspecified atom stereocenters. The zero-order valence-electron chi connectivity index (χ0n) is 16.6. The first-order valence-corrected chi connectivity index (χ1v) is 10.4. The number of H-pyrrole nitrogens is 1. The van der Waals surface area contributed by atoms with Crippen LogP contribution in [0.4, 0.5) is 5.69 Å². The van der Waals surface area contributed by atoms with Crippen LogP contribution < -0.4 is 10.2 Å². The van der Waals surface area contributed by atoms with Crippen molar-refractivity contribution in [2.75, 3.05) is 18.0 Å². The Balaban J connectivity index is 1.36. The number of rotatable bonds is 6. The van der Waals surface area contributed by atoms with E-state index in [9.17, 15) is 4.79 Å². The third-order valence-corrected chi connectivity index (χ3v) is 5.71. The molecule has 0 spiro atoms. The summed E-state index contributed by atoms with van der Waals surface area (Å²) in [7, 11) is 0. The van der Waals surface area contributed by atoms with Crippen LogP contribution in [0.15, 0.2) is 42.7 Å². The fourth-order valence-electron chi connectivity index (χ4n) is 4.03. The minimum Gasteiger partial charge on any atom is -0.376 e. The number of allylic oxidation sites excluding steroid dienone is 1. The molecule has 2 aromatic heterocycles. The molecule has 2 N–H and O–H groups in total. The molecular weight excluding hydrogens is 362 g/mol. The molecule has 1 amide bonds. The van der Waals surface area contributed by atoms with Crippen molar-refractivity contribution < 1.29 is 4.79 Å². The van der Waals surface area contributed by atoms with Gasteiger partial charge in [-0.05, 0) is 37.3 Å². The van der Waals surface area contributed by atoms with Crippen LogP contribution in [-0.2, 0) is 11.2 Å². The van der Waals surface area contributed by atoms with Crippen LogP contribution in [0.25, 0.3) is 16.9 Å². The van der Waals surface area contributed by atoms with E-state index in [-0.39, 0.29) is 12.5 Å². The summed E-state index contributed by atoms with van der Waals surface area (Å²) in [5, 5.41) is 3.37. The summed E-state index contributed by atoms with van der Waals surface area (Å²) < 4.78 is 0. The molecule has 1 saturated carbocycles. The average molecular weight is 387 g/mol. The van der Waals surface area contributed by atoms with E-state index in [1.807, 2.05) is 35.5 Å². The first kappa shape index (κ1) is 17.9. The summed E-state index contributed by atoms with van der Waals surface area (Å²) in [5.74, 6) is 0.638. The minimum absolute atomic E-state index is 0.0848. The molecular formula is C23H25N5O. The largest absolute Gasteiger partial charge is 0.376 e. The van der Waals surface area contributed by atoms with E-state index in [0.29, 0.717) is 5.92 Å². The molecule has 6 heteroatoms. The monoisotopic (exact) mass is 387 g/mol. The highest BCUT2D eigenvalue weighted by Gasteiger charge is 2.27. The molecule has 1 fully saturated rings. The fourth-order valence-corrected chi connectivity index (χ4v) is 4.03. The number of carbonyl (C=O) groups excluding carboxylic acids is 1. The van der Waals surface area contributed by atoms with Gasteiger partial charge >= 0.3 is 0 Å². The number of aromatic nitrogens is 3. The zero-order chi connectivity index (χ0) is 19.8. The van der Waals surface area contributed by atoms with Crippen molar-refractivity contribution in [2.45, 2.75) is 38.5 Å². The number of hydrogen-bond donors (Lipinski definition) is 2. The van der Waals surface area contributed by atoms with Gasteiger partial charge in [0, 0.05) is 35.6 Å². The summed E-state index contributed by atoms with van der Waals surface area (Å²) in [5.41, 5.74) is 6.91. The predicted molar refractivity (Wildman–Crippen MR) is 115 cm³/mol. The maximum atomic E-state index is 12.9. The summed E-state index contributed by atoms with van der Waals surface area (Å²) in [6.07, 6.45) is 10.1. The maximum Gasteiger partial charge on any atom is 0.246 e. The van der Waals surface area contributed by atoms with E-state index < -0.39 is 0 Å². The Morgan fingerprint density at radius 3 is 3.03 bits per heavy atom. The van der Waals surface area contributed by atoms with Crippen molar-refractivity contribution in [1.82, 2.24) is 20.3 Å². The Kier molecular flexibility index (Phi) is 4.54. The van der Waals surface area contributed by atoms with Crippen LogP contribution in [0.3, 0.4) is 0 Å². The van der Waals surface area contributed by atoms with E-state index in [4.69, 9.17) is 4.98 Å². The lowest BCUT2D eigenvalue weighted by atomic mass is 10.1. The van der Waals surface area contributed by atoms with Crippen LogP contribution >= 0.6 is 0 Å². The van der Waals surface area contributed by atoms with Gasteiger partial charge in [-0.15, -0.1) is 0 Å². The molecule has 148 valence electrons. The van der Waals surface area contributed by atoms with Crippen molar-refractivity contribution >= 4 is 28.5 Å². The normalized spacial score (nSPS) is 16.3. The molecule has 3 heterocycles. The predicted octanol–water partition coefficient (Wildman–Crippen LogP) is 3.77. The molecule has 5 rings (SSSR count). The Labute approximate surface area is 170 Å². The number of nitrogens with zero attached hydrogens (tertiary/aromatic N) is 3. The zero-order valence-corrected chi connectivity index (χ0v) is 16.6. The summed E-state index contributed by atoms with van der Waals surface area (Å²) in [4.78, 5) is 27.4. The average Bonchev–Trinajstić information content (AvgIpc) is 3.37. The molecule has 1 aliphatic carbocycles. The van der Waals surface area contributed by atoms with Crippen molar-refractivity contribution in [3.63, 3.8) is 0 Å². The Hall–Kier alpha value is -3.15. The Bertz CT molecular complexity index is 1100. The second kappa shape index (κ2) is 7.35. The van der Waals surface area contributed by atoms with E-state index in [1.165, 1.54) is 18.4 Å². The third-order valence-electron chi connectivity index (χ3n) is 5.71. The quantitative estimate of drug-likeness (QED) is 0.675. The molecule has 3 aromatic rings. The molecule has 0 bridgehead atoms. The number of para-hydroxylation sites is 1. The minimum atomic E-state index is 0.0848. The number of anilines is 1. The second-order valence-corrected chi connectivity index (χ2v) is 7.77. The maximum absolute atomic E-state index is 12.9. The van der Waals surface area contributed by atoms with Crippen LogP contribution in [0, 0.1) is 0 Å². The Morgan fingerprint density at radius 1 is 1.34 bits per heavy atom. The molecule has 6 nitrogen and oxygen atoms in total. The molecule has 0 atom stereocenters. The Morgan fingerprint density at radius 2 is 2.21 bits per heavy atom. The summed E-state index contributed by atoms with van der Waals surface area (Å²) in [6.45, 7) is 3.09. The number of hydrogen-bond acceptors (Lipinski definition) is 4. The van der Waals surface area contributed by atoms with E-state index in [1.54, 1.807) is 0 Å². The third kappa shape index (κ3) is 3.39. The second-order valence-electron chi connectivity index (χ2n) is 7.77. The summed E-state index contributed by atoms with van der Waals surface area (Å²) in [6, 6.07) is 8.14. The molecule has 0 radical (unpaired) electrons. The van der Waals surface area contributed by atoms with Gasteiger partial charge in [0.1, 0.15) is 5.52 Å². The number of amides is 1.